The van der Waals surface area contributed by atoms with Crippen LogP contribution >= 0.6 is 0 Å². The number of anilines is 2. The van der Waals surface area contributed by atoms with Gasteiger partial charge in [0.15, 0.2) is 0 Å². The summed E-state index contributed by atoms with van der Waals surface area (Å²) in [5.74, 6) is 0.379. The standard InChI is InChI=1S/C55H57N/c1-52(2,3)38-17-21-41(22-18-38)56(42-23-19-39(20-24-42)53(4,5)6)43-25-29-46-45-27-15-35(32-48(45)55(10,11)49(46)33-43)44-26-14-34-12-13-36-30-40(54(7,8)9)31-37-16-28-47(44)51(34)50(36)37/h12-28,30-33,46H,29H2,1-11H3. The molecule has 2 aliphatic carbocycles. The van der Waals surface area contributed by atoms with E-state index in [4.69, 9.17) is 0 Å². The van der Waals surface area contributed by atoms with Crippen LogP contribution in [-0.2, 0) is 21.7 Å². The lowest BCUT2D eigenvalue weighted by Crippen LogP contribution is -2.23. The van der Waals surface area contributed by atoms with Crippen molar-refractivity contribution in [2.75, 3.05) is 4.90 Å². The fourth-order valence-electron chi connectivity index (χ4n) is 9.65. The molecule has 0 spiro atoms. The van der Waals surface area contributed by atoms with Crippen LogP contribution in [0.15, 0.2) is 139 Å². The third-order valence-electron chi connectivity index (χ3n) is 13.1. The molecule has 2 aliphatic rings. The van der Waals surface area contributed by atoms with Gasteiger partial charge in [-0.25, -0.2) is 0 Å². The Morgan fingerprint density at radius 2 is 1.07 bits per heavy atom. The minimum absolute atomic E-state index is 0.100. The van der Waals surface area contributed by atoms with Crippen LogP contribution in [0.4, 0.5) is 11.4 Å². The van der Waals surface area contributed by atoms with E-state index in [9.17, 15) is 0 Å². The highest BCUT2D eigenvalue weighted by atomic mass is 15.1. The second-order valence-corrected chi connectivity index (χ2v) is 20.3. The predicted molar refractivity (Wildman–Crippen MR) is 243 cm³/mol. The average molecular weight is 732 g/mol. The van der Waals surface area contributed by atoms with E-state index < -0.39 is 0 Å². The lowest BCUT2D eigenvalue weighted by Gasteiger charge is -2.33. The molecule has 7 aromatic carbocycles. The van der Waals surface area contributed by atoms with Gasteiger partial charge in [0.25, 0.3) is 0 Å². The molecule has 0 amide bonds. The molecule has 0 saturated carbocycles. The SMILES string of the molecule is CC(C)(C)c1ccc(N(C2=CCC3C(=C2)C(C)(C)c2cc(-c4ccc5ccc6cc(C(C)(C)C)cc7ccc4c5c67)ccc23)c2ccc(C(C)(C)C)cc2)cc1. The number of rotatable bonds is 4. The lowest BCUT2D eigenvalue weighted by molar-refractivity contribution is 0.590. The van der Waals surface area contributed by atoms with Gasteiger partial charge in [0.2, 0.25) is 0 Å². The summed E-state index contributed by atoms with van der Waals surface area (Å²) in [6.45, 7) is 25.6. The Morgan fingerprint density at radius 1 is 0.536 bits per heavy atom. The zero-order chi connectivity index (χ0) is 39.5. The fourth-order valence-corrected chi connectivity index (χ4v) is 9.65. The van der Waals surface area contributed by atoms with Gasteiger partial charge in [0.1, 0.15) is 0 Å². The van der Waals surface area contributed by atoms with Gasteiger partial charge in [-0.1, -0.05) is 173 Å². The first-order valence-corrected chi connectivity index (χ1v) is 20.7. The molecule has 1 unspecified atom stereocenters. The molecule has 0 N–H and O–H groups in total. The number of hydrogen-bond acceptors (Lipinski definition) is 1. The smallest absolute Gasteiger partial charge is 0.0461 e. The molecule has 0 radical (unpaired) electrons. The van der Waals surface area contributed by atoms with Crippen LogP contribution in [0.5, 0.6) is 0 Å². The highest BCUT2D eigenvalue weighted by Gasteiger charge is 2.43. The van der Waals surface area contributed by atoms with Gasteiger partial charge in [-0.05, 0) is 130 Å². The average Bonchev–Trinajstić information content (AvgIpc) is 3.38. The van der Waals surface area contributed by atoms with Gasteiger partial charge in [-0.3, -0.25) is 0 Å². The molecule has 282 valence electrons. The molecule has 1 atom stereocenters. The molecule has 0 aliphatic heterocycles. The number of hydrogen-bond donors (Lipinski definition) is 0. The second-order valence-electron chi connectivity index (χ2n) is 20.3. The lowest BCUT2D eigenvalue weighted by atomic mass is 9.78. The van der Waals surface area contributed by atoms with Crippen LogP contribution in [0, 0.1) is 0 Å². The monoisotopic (exact) mass is 731 g/mol. The molecule has 1 heteroatoms. The maximum absolute atomic E-state index is 2.52. The molecule has 7 aromatic rings. The van der Waals surface area contributed by atoms with E-state index in [1.807, 2.05) is 0 Å². The molecule has 56 heavy (non-hydrogen) atoms. The van der Waals surface area contributed by atoms with Gasteiger partial charge in [-0.2, -0.15) is 0 Å². The molecular formula is C55H57N. The van der Waals surface area contributed by atoms with E-state index in [-0.39, 0.29) is 21.7 Å². The van der Waals surface area contributed by atoms with Crippen molar-refractivity contribution in [3.05, 3.63) is 167 Å². The van der Waals surface area contributed by atoms with Crippen LogP contribution in [0.3, 0.4) is 0 Å². The van der Waals surface area contributed by atoms with Crippen molar-refractivity contribution >= 4 is 43.7 Å². The molecule has 1 nitrogen and oxygen atoms in total. The maximum Gasteiger partial charge on any atom is 0.0461 e. The third-order valence-corrected chi connectivity index (χ3v) is 13.1. The van der Waals surface area contributed by atoms with Gasteiger partial charge in [-0.15, -0.1) is 0 Å². The molecule has 9 rings (SSSR count). The van der Waals surface area contributed by atoms with Crippen molar-refractivity contribution in [1.29, 1.82) is 0 Å². The molecule has 0 saturated heterocycles. The highest BCUT2D eigenvalue weighted by molar-refractivity contribution is 6.25. The summed E-state index contributed by atoms with van der Waals surface area (Å²) in [6.07, 6.45) is 5.99. The Balaban J connectivity index is 1.12. The normalized spacial score (nSPS) is 16.9. The minimum Gasteiger partial charge on any atom is -0.311 e. The molecule has 0 aromatic heterocycles. The topological polar surface area (TPSA) is 3.24 Å². The van der Waals surface area contributed by atoms with E-state index in [0.717, 1.165) is 6.42 Å². The van der Waals surface area contributed by atoms with Crippen molar-refractivity contribution in [2.45, 2.75) is 110 Å². The van der Waals surface area contributed by atoms with Gasteiger partial charge >= 0.3 is 0 Å². The van der Waals surface area contributed by atoms with E-state index in [1.165, 1.54) is 93.9 Å². The zero-order valence-corrected chi connectivity index (χ0v) is 35.4. The Bertz CT molecular complexity index is 2640. The first kappa shape index (κ1) is 36.5. The van der Waals surface area contributed by atoms with Crippen LogP contribution in [0.1, 0.15) is 116 Å². The molecule has 0 bridgehead atoms. The Labute approximate surface area is 335 Å². The van der Waals surface area contributed by atoms with Gasteiger partial charge < -0.3 is 4.90 Å². The van der Waals surface area contributed by atoms with Crippen LogP contribution in [-0.4, -0.2) is 0 Å². The second kappa shape index (κ2) is 12.4. The number of allylic oxidation sites excluding steroid dienone is 3. The zero-order valence-electron chi connectivity index (χ0n) is 35.4. The summed E-state index contributed by atoms with van der Waals surface area (Å²) in [7, 11) is 0. The molecule has 0 heterocycles. The first-order chi connectivity index (χ1) is 26.4. The summed E-state index contributed by atoms with van der Waals surface area (Å²) in [5.41, 5.74) is 15.0. The van der Waals surface area contributed by atoms with E-state index in [2.05, 4.69) is 208 Å². The number of benzene rings is 7. The van der Waals surface area contributed by atoms with E-state index >= 15 is 0 Å². The van der Waals surface area contributed by atoms with E-state index in [1.54, 1.807) is 0 Å². The Kier molecular flexibility index (Phi) is 8.10. The van der Waals surface area contributed by atoms with Crippen LogP contribution in [0.2, 0.25) is 0 Å². The van der Waals surface area contributed by atoms with Crippen molar-refractivity contribution in [3.8, 4) is 11.1 Å². The van der Waals surface area contributed by atoms with Gasteiger partial charge in [0, 0.05) is 28.4 Å². The summed E-state index contributed by atoms with van der Waals surface area (Å²) in [4.78, 5) is 2.47. The molecule has 0 fully saturated rings. The maximum atomic E-state index is 2.52. The first-order valence-electron chi connectivity index (χ1n) is 20.7. The van der Waals surface area contributed by atoms with Crippen molar-refractivity contribution in [2.24, 2.45) is 0 Å². The quantitative estimate of drug-likeness (QED) is 0.163. The molecular weight excluding hydrogens is 675 g/mol. The summed E-state index contributed by atoms with van der Waals surface area (Å²) in [6, 6.07) is 44.7. The largest absolute Gasteiger partial charge is 0.311 e. The highest BCUT2D eigenvalue weighted by Crippen LogP contribution is 2.55. The third kappa shape index (κ3) is 5.89. The van der Waals surface area contributed by atoms with Crippen molar-refractivity contribution in [3.63, 3.8) is 0 Å². The number of fused-ring (bicyclic) bond motifs is 3. The van der Waals surface area contributed by atoms with Crippen molar-refractivity contribution in [1.82, 2.24) is 0 Å². The van der Waals surface area contributed by atoms with E-state index in [0.29, 0.717) is 5.92 Å². The fraction of sp³-hybridized carbons (Fsp3) is 0.309. The van der Waals surface area contributed by atoms with Crippen LogP contribution in [0.25, 0.3) is 43.4 Å². The summed E-state index contributed by atoms with van der Waals surface area (Å²) in [5, 5.41) is 8.09. The van der Waals surface area contributed by atoms with Crippen LogP contribution < -0.4 is 4.90 Å². The number of nitrogens with zero attached hydrogens (tertiary/aromatic N) is 1. The van der Waals surface area contributed by atoms with Gasteiger partial charge in [0.05, 0.1) is 0 Å². The minimum atomic E-state index is -0.111. The predicted octanol–water partition coefficient (Wildman–Crippen LogP) is 15.6. The summed E-state index contributed by atoms with van der Waals surface area (Å²) >= 11 is 0. The Morgan fingerprint density at radius 3 is 1.64 bits per heavy atom. The Hall–Kier alpha value is -5.14. The summed E-state index contributed by atoms with van der Waals surface area (Å²) < 4.78 is 0. The van der Waals surface area contributed by atoms with Crippen molar-refractivity contribution < 1.29 is 0 Å².